The summed E-state index contributed by atoms with van der Waals surface area (Å²) < 4.78 is 0. The number of rotatable bonds is 3. The van der Waals surface area contributed by atoms with Crippen LogP contribution in [0.15, 0.2) is 44.2 Å². The van der Waals surface area contributed by atoms with Crippen molar-refractivity contribution >= 4 is 41.0 Å². The molecule has 0 aliphatic carbocycles. The topological polar surface area (TPSA) is 92.6 Å². The predicted molar refractivity (Wildman–Crippen MR) is 80.0 cm³/mol. The number of nitro benzene ring substituents is 1. The van der Waals surface area contributed by atoms with Crippen LogP contribution < -0.4 is 0 Å². The molecule has 0 saturated carbocycles. The van der Waals surface area contributed by atoms with Crippen LogP contribution in [0.25, 0.3) is 0 Å². The van der Waals surface area contributed by atoms with Gasteiger partial charge in [0.2, 0.25) is 0 Å². The van der Waals surface area contributed by atoms with Crippen LogP contribution in [-0.2, 0) is 5.75 Å². The zero-order valence-corrected chi connectivity index (χ0v) is 11.0. The largest absolute Gasteiger partial charge is 0.269 e. The van der Waals surface area contributed by atoms with Crippen molar-refractivity contribution in [3.63, 3.8) is 0 Å². The fraction of sp³-hybridized carbons (Fsp3) is 0.167. The van der Waals surface area contributed by atoms with Crippen LogP contribution in [0.5, 0.6) is 0 Å². The third-order valence-corrected chi connectivity index (χ3v) is 3.90. The van der Waals surface area contributed by atoms with Crippen LogP contribution in [0.1, 0.15) is 5.56 Å². The van der Waals surface area contributed by atoms with Crippen molar-refractivity contribution in [3.05, 3.63) is 39.9 Å². The second kappa shape index (κ2) is 5.33. The molecular weight excluding hydrogens is 278 g/mol. The fourth-order valence-electron chi connectivity index (χ4n) is 1.78. The molecule has 2 aliphatic rings. The van der Waals surface area contributed by atoms with Crippen molar-refractivity contribution in [2.45, 2.75) is 11.8 Å². The van der Waals surface area contributed by atoms with E-state index in [1.807, 2.05) is 0 Å². The molecule has 1 aromatic rings. The maximum atomic E-state index is 10.6. The monoisotopic (exact) mass is 287 g/mol. The summed E-state index contributed by atoms with van der Waals surface area (Å²) >= 11 is 1.54. The first-order valence-corrected chi connectivity index (χ1v) is 6.78. The molecule has 2 heterocycles. The van der Waals surface area contributed by atoms with E-state index in [9.17, 15) is 10.1 Å². The molecule has 2 aliphatic heterocycles. The van der Waals surface area contributed by atoms with E-state index >= 15 is 0 Å². The minimum absolute atomic E-state index is 0.0932. The van der Waals surface area contributed by atoms with Gasteiger partial charge < -0.3 is 0 Å². The van der Waals surface area contributed by atoms with Gasteiger partial charge in [-0.3, -0.25) is 15.1 Å². The second-order valence-corrected chi connectivity index (χ2v) is 5.07. The quantitative estimate of drug-likeness (QED) is 0.629. The third-order valence-electron chi connectivity index (χ3n) is 2.79. The third kappa shape index (κ3) is 2.50. The Kier molecular flexibility index (Phi) is 3.38. The normalized spacial score (nSPS) is 19.5. The van der Waals surface area contributed by atoms with Gasteiger partial charge in [0, 0.05) is 17.9 Å². The van der Waals surface area contributed by atoms with E-state index in [0.29, 0.717) is 11.6 Å². The van der Waals surface area contributed by atoms with Gasteiger partial charge in [-0.25, -0.2) is 15.0 Å². The standard InChI is InChI=1S/C12H9N5O2S/c18-17(19)9-3-1-8(2-4-9)5-20-12-10-11(14-6-13-10)15-7-16-12/h1-4,6-7,10H,5H2. The Labute approximate surface area is 118 Å². The summed E-state index contributed by atoms with van der Waals surface area (Å²) in [6, 6.07) is 6.30. The van der Waals surface area contributed by atoms with Crippen molar-refractivity contribution in [3.8, 4) is 0 Å². The van der Waals surface area contributed by atoms with Gasteiger partial charge in [-0.05, 0) is 5.56 Å². The molecule has 0 N–H and O–H groups in total. The van der Waals surface area contributed by atoms with E-state index in [2.05, 4.69) is 20.0 Å². The second-order valence-electron chi connectivity index (χ2n) is 4.08. The molecular formula is C12H9N5O2S. The van der Waals surface area contributed by atoms with E-state index < -0.39 is 4.92 Å². The molecule has 7 nitrogen and oxygen atoms in total. The fourth-order valence-corrected chi connectivity index (χ4v) is 2.73. The maximum absolute atomic E-state index is 10.6. The molecule has 0 bridgehead atoms. The van der Waals surface area contributed by atoms with Crippen molar-refractivity contribution in [1.82, 2.24) is 0 Å². The zero-order valence-electron chi connectivity index (χ0n) is 10.2. The van der Waals surface area contributed by atoms with Gasteiger partial charge in [0.05, 0.1) is 4.92 Å². The molecule has 0 spiro atoms. The Morgan fingerprint density at radius 1 is 1.20 bits per heavy atom. The highest BCUT2D eigenvalue weighted by atomic mass is 32.2. The number of aliphatic imine (C=N–C) groups is 4. The van der Waals surface area contributed by atoms with Gasteiger partial charge in [-0.15, -0.1) is 11.8 Å². The zero-order chi connectivity index (χ0) is 13.9. The number of nitrogens with zero attached hydrogens (tertiary/aromatic N) is 5. The predicted octanol–water partition coefficient (Wildman–Crippen LogP) is 2.08. The molecule has 20 heavy (non-hydrogen) atoms. The van der Waals surface area contributed by atoms with Gasteiger partial charge >= 0.3 is 0 Å². The Morgan fingerprint density at radius 3 is 2.75 bits per heavy atom. The highest BCUT2D eigenvalue weighted by molar-refractivity contribution is 8.13. The van der Waals surface area contributed by atoms with E-state index in [-0.39, 0.29) is 11.7 Å². The molecule has 1 aromatic carbocycles. The van der Waals surface area contributed by atoms with Crippen molar-refractivity contribution in [2.24, 2.45) is 20.0 Å². The van der Waals surface area contributed by atoms with Gasteiger partial charge in [-0.1, -0.05) is 12.1 Å². The Bertz CT molecular complexity index is 663. The van der Waals surface area contributed by atoms with Crippen molar-refractivity contribution in [2.75, 3.05) is 0 Å². The minimum Gasteiger partial charge on any atom is -0.258 e. The first-order chi connectivity index (χ1) is 9.74. The van der Waals surface area contributed by atoms with Gasteiger partial charge in [0.15, 0.2) is 11.9 Å². The Hall–Kier alpha value is -2.35. The van der Waals surface area contributed by atoms with Crippen LogP contribution in [-0.4, -0.2) is 34.5 Å². The van der Waals surface area contributed by atoms with Crippen LogP contribution in [0, 0.1) is 10.1 Å². The van der Waals surface area contributed by atoms with E-state index in [4.69, 9.17) is 0 Å². The van der Waals surface area contributed by atoms with Crippen LogP contribution in [0.3, 0.4) is 0 Å². The molecule has 8 heteroatoms. The summed E-state index contributed by atoms with van der Waals surface area (Å²) in [6.07, 6.45) is 2.97. The van der Waals surface area contributed by atoms with Crippen LogP contribution in [0.4, 0.5) is 5.69 Å². The summed E-state index contributed by atoms with van der Waals surface area (Å²) in [5.41, 5.74) is 1.09. The molecule has 3 rings (SSSR count). The number of thioether (sulfide) groups is 1. The van der Waals surface area contributed by atoms with Gasteiger partial charge in [-0.2, -0.15) is 0 Å². The van der Waals surface area contributed by atoms with Gasteiger partial charge in [0.25, 0.3) is 5.69 Å². The number of amidine groups is 1. The molecule has 0 aromatic heterocycles. The number of fused-ring (bicyclic) bond motifs is 1. The molecule has 1 unspecified atom stereocenters. The smallest absolute Gasteiger partial charge is 0.258 e. The molecule has 1 atom stereocenters. The van der Waals surface area contributed by atoms with Crippen molar-refractivity contribution < 1.29 is 4.92 Å². The van der Waals surface area contributed by atoms with E-state index in [0.717, 1.165) is 10.6 Å². The van der Waals surface area contributed by atoms with Crippen LogP contribution >= 0.6 is 11.8 Å². The number of non-ortho nitro benzene ring substituents is 1. The first kappa shape index (κ1) is 12.7. The number of hydrogen-bond donors (Lipinski definition) is 0. The highest BCUT2D eigenvalue weighted by Crippen LogP contribution is 2.22. The van der Waals surface area contributed by atoms with Crippen molar-refractivity contribution in [1.29, 1.82) is 0 Å². The summed E-state index contributed by atoms with van der Waals surface area (Å²) in [5.74, 6) is 1.33. The lowest BCUT2D eigenvalue weighted by Gasteiger charge is -2.13. The summed E-state index contributed by atoms with van der Waals surface area (Å²) in [5, 5.41) is 11.4. The number of benzene rings is 1. The lowest BCUT2D eigenvalue weighted by molar-refractivity contribution is -0.384. The maximum Gasteiger partial charge on any atom is 0.269 e. The average molecular weight is 287 g/mol. The lowest BCUT2D eigenvalue weighted by Crippen LogP contribution is -2.25. The number of hydrogen-bond acceptors (Lipinski definition) is 7. The lowest BCUT2D eigenvalue weighted by atomic mass is 10.2. The van der Waals surface area contributed by atoms with Gasteiger partial charge in [0.1, 0.15) is 17.7 Å². The minimum atomic E-state index is -0.408. The SMILES string of the molecule is O=[N+]([O-])c1ccc(CSC2=NC=NC3=NC=NC32)cc1. The first-order valence-electron chi connectivity index (χ1n) is 5.80. The summed E-state index contributed by atoms with van der Waals surface area (Å²) in [6.45, 7) is 0. The molecule has 0 fully saturated rings. The molecule has 100 valence electrons. The molecule has 0 amide bonds. The average Bonchev–Trinajstić information content (AvgIpc) is 2.94. The Balaban J connectivity index is 1.66. The molecule has 0 radical (unpaired) electrons. The Morgan fingerprint density at radius 2 is 2.00 bits per heavy atom. The highest BCUT2D eigenvalue weighted by Gasteiger charge is 2.26. The van der Waals surface area contributed by atoms with Crippen LogP contribution in [0.2, 0.25) is 0 Å². The number of nitro groups is 1. The van der Waals surface area contributed by atoms with E-state index in [1.165, 1.54) is 36.6 Å². The summed E-state index contributed by atoms with van der Waals surface area (Å²) in [7, 11) is 0. The van der Waals surface area contributed by atoms with E-state index in [1.54, 1.807) is 12.1 Å². The molecule has 0 saturated heterocycles. The summed E-state index contributed by atoms with van der Waals surface area (Å²) in [4.78, 5) is 26.7.